The Morgan fingerprint density at radius 3 is 2.67 bits per heavy atom. The van der Waals surface area contributed by atoms with E-state index in [0.717, 1.165) is 23.4 Å². The van der Waals surface area contributed by atoms with Gasteiger partial charge in [0, 0.05) is 18.7 Å². The molecule has 168 valence electrons. The topological polar surface area (TPSA) is 74.7 Å². The van der Waals surface area contributed by atoms with Crippen molar-refractivity contribution in [1.29, 1.82) is 0 Å². The summed E-state index contributed by atoms with van der Waals surface area (Å²) in [6.07, 6.45) is 1.45. The minimum absolute atomic E-state index is 0.143. The average molecular weight is 467 g/mol. The number of hydrogen-bond donors (Lipinski definition) is 1. The SMILES string of the molecule is Cc1ccccc1N=C1SC(CC(=O)Nc2ccc(F)cc2F)C(=O)N1Cc1ccccn1. The predicted molar refractivity (Wildman–Crippen MR) is 124 cm³/mol. The van der Waals surface area contributed by atoms with Crippen LogP contribution in [-0.2, 0) is 16.1 Å². The Hall–Kier alpha value is -3.59. The van der Waals surface area contributed by atoms with Gasteiger partial charge in [-0.25, -0.2) is 13.8 Å². The van der Waals surface area contributed by atoms with E-state index in [0.29, 0.717) is 16.9 Å². The number of carbonyl (C=O) groups is 2. The fourth-order valence-corrected chi connectivity index (χ4v) is 4.43. The van der Waals surface area contributed by atoms with Crippen LogP contribution in [0.3, 0.4) is 0 Å². The lowest BCUT2D eigenvalue weighted by atomic mass is 10.2. The summed E-state index contributed by atoms with van der Waals surface area (Å²) in [5.41, 5.74) is 2.21. The molecule has 2 heterocycles. The maximum Gasteiger partial charge on any atom is 0.243 e. The van der Waals surface area contributed by atoms with Crippen LogP contribution in [0.5, 0.6) is 0 Å². The van der Waals surface area contributed by atoms with Crippen LogP contribution in [0.4, 0.5) is 20.2 Å². The molecule has 33 heavy (non-hydrogen) atoms. The van der Waals surface area contributed by atoms with Gasteiger partial charge in [0.05, 0.1) is 23.6 Å². The number of halogens is 2. The van der Waals surface area contributed by atoms with Gasteiger partial charge in [0.25, 0.3) is 0 Å². The van der Waals surface area contributed by atoms with Crippen LogP contribution in [0.1, 0.15) is 17.7 Å². The molecule has 2 amide bonds. The van der Waals surface area contributed by atoms with Crippen LogP contribution >= 0.6 is 11.8 Å². The zero-order valence-electron chi connectivity index (χ0n) is 17.7. The van der Waals surface area contributed by atoms with E-state index in [1.165, 1.54) is 16.7 Å². The zero-order valence-corrected chi connectivity index (χ0v) is 18.5. The largest absolute Gasteiger partial charge is 0.324 e. The Morgan fingerprint density at radius 1 is 1.15 bits per heavy atom. The highest BCUT2D eigenvalue weighted by atomic mass is 32.2. The standard InChI is InChI=1S/C24H20F2N4O2S/c1-15-6-2-3-8-19(15)29-24-30(14-17-7-4-5-11-27-17)23(32)21(33-24)13-22(31)28-20-10-9-16(25)12-18(20)26/h2-12,21H,13-14H2,1H3,(H,28,31). The van der Waals surface area contributed by atoms with E-state index in [1.54, 1.807) is 18.3 Å². The molecule has 0 radical (unpaired) electrons. The summed E-state index contributed by atoms with van der Waals surface area (Å²) >= 11 is 1.18. The number of carbonyl (C=O) groups excluding carboxylic acids is 2. The number of hydrogen-bond acceptors (Lipinski definition) is 5. The molecule has 4 rings (SSSR count). The highest BCUT2D eigenvalue weighted by Gasteiger charge is 2.39. The van der Waals surface area contributed by atoms with Crippen LogP contribution in [0, 0.1) is 18.6 Å². The summed E-state index contributed by atoms with van der Waals surface area (Å²) in [7, 11) is 0. The number of thioether (sulfide) groups is 1. The van der Waals surface area contributed by atoms with Gasteiger partial charge in [-0.15, -0.1) is 0 Å². The number of anilines is 1. The molecule has 1 unspecified atom stereocenters. The zero-order chi connectivity index (χ0) is 23.4. The van der Waals surface area contributed by atoms with Gasteiger partial charge in [-0.2, -0.15) is 0 Å². The van der Waals surface area contributed by atoms with Crippen LogP contribution < -0.4 is 5.32 Å². The molecule has 1 aliphatic heterocycles. The number of amides is 2. The Balaban J connectivity index is 1.55. The number of aliphatic imine (C=N–C) groups is 1. The molecule has 1 N–H and O–H groups in total. The molecule has 0 aliphatic carbocycles. The Kier molecular flexibility index (Phi) is 6.79. The van der Waals surface area contributed by atoms with Gasteiger partial charge < -0.3 is 5.32 Å². The first-order valence-electron chi connectivity index (χ1n) is 10.2. The summed E-state index contributed by atoms with van der Waals surface area (Å²) in [6.45, 7) is 2.13. The molecule has 1 fully saturated rings. The molecule has 0 spiro atoms. The molecule has 2 aromatic carbocycles. The number of para-hydroxylation sites is 1. The molecule has 1 atom stereocenters. The van der Waals surface area contributed by atoms with Crippen LogP contribution in [-0.4, -0.2) is 32.1 Å². The Morgan fingerprint density at radius 2 is 1.94 bits per heavy atom. The number of pyridine rings is 1. The van der Waals surface area contributed by atoms with Crippen molar-refractivity contribution in [2.45, 2.75) is 25.1 Å². The quantitative estimate of drug-likeness (QED) is 0.565. The molecular formula is C24H20F2N4O2S. The van der Waals surface area contributed by atoms with Crippen molar-refractivity contribution in [2.24, 2.45) is 4.99 Å². The number of benzene rings is 2. The number of aromatic nitrogens is 1. The summed E-state index contributed by atoms with van der Waals surface area (Å²) in [5.74, 6) is -2.46. The second kappa shape index (κ2) is 9.91. The fourth-order valence-electron chi connectivity index (χ4n) is 3.28. The minimum Gasteiger partial charge on any atom is -0.324 e. The first-order valence-corrected chi connectivity index (χ1v) is 11.1. The predicted octanol–water partition coefficient (Wildman–Crippen LogP) is 4.83. The van der Waals surface area contributed by atoms with E-state index in [4.69, 9.17) is 0 Å². The van der Waals surface area contributed by atoms with Crippen molar-refractivity contribution in [1.82, 2.24) is 9.88 Å². The molecule has 0 saturated carbocycles. The second-order valence-electron chi connectivity index (χ2n) is 7.41. The van der Waals surface area contributed by atoms with Crippen LogP contribution in [0.25, 0.3) is 0 Å². The molecule has 1 aliphatic rings. The van der Waals surface area contributed by atoms with Crippen molar-refractivity contribution in [3.05, 3.63) is 89.8 Å². The lowest BCUT2D eigenvalue weighted by molar-refractivity contribution is -0.128. The number of aryl methyl sites for hydroxylation is 1. The van der Waals surface area contributed by atoms with Gasteiger partial charge >= 0.3 is 0 Å². The molecule has 3 aromatic rings. The third-order valence-corrected chi connectivity index (χ3v) is 6.15. The van der Waals surface area contributed by atoms with Crippen LogP contribution in [0.2, 0.25) is 0 Å². The molecular weight excluding hydrogens is 446 g/mol. The normalized spacial score (nSPS) is 16.9. The van der Waals surface area contributed by atoms with E-state index in [9.17, 15) is 18.4 Å². The number of rotatable bonds is 6. The first-order chi connectivity index (χ1) is 15.9. The second-order valence-corrected chi connectivity index (χ2v) is 8.58. The average Bonchev–Trinajstić information content (AvgIpc) is 3.07. The summed E-state index contributed by atoms with van der Waals surface area (Å²) in [6, 6.07) is 15.8. The third kappa shape index (κ3) is 5.43. The van der Waals surface area contributed by atoms with E-state index >= 15 is 0 Å². The third-order valence-electron chi connectivity index (χ3n) is 4.97. The van der Waals surface area contributed by atoms with Gasteiger partial charge in [0.2, 0.25) is 11.8 Å². The summed E-state index contributed by atoms with van der Waals surface area (Å²) in [5, 5.41) is 2.13. The van der Waals surface area contributed by atoms with Gasteiger partial charge in [0.1, 0.15) is 16.9 Å². The van der Waals surface area contributed by atoms with Crippen molar-refractivity contribution in [2.75, 3.05) is 5.32 Å². The maximum atomic E-state index is 13.9. The minimum atomic E-state index is -0.882. The van der Waals surface area contributed by atoms with Crippen molar-refractivity contribution < 1.29 is 18.4 Å². The Labute approximate surface area is 193 Å². The maximum absolute atomic E-state index is 13.9. The van der Waals surface area contributed by atoms with E-state index in [2.05, 4.69) is 15.3 Å². The number of nitrogens with zero attached hydrogens (tertiary/aromatic N) is 3. The van der Waals surface area contributed by atoms with Gasteiger partial charge in [-0.1, -0.05) is 36.0 Å². The van der Waals surface area contributed by atoms with Crippen molar-refractivity contribution in [3.63, 3.8) is 0 Å². The monoisotopic (exact) mass is 466 g/mol. The lowest BCUT2D eigenvalue weighted by Crippen LogP contribution is -2.33. The van der Waals surface area contributed by atoms with E-state index < -0.39 is 22.8 Å². The van der Waals surface area contributed by atoms with E-state index in [-0.39, 0.29) is 24.6 Å². The van der Waals surface area contributed by atoms with Gasteiger partial charge in [-0.3, -0.25) is 19.5 Å². The smallest absolute Gasteiger partial charge is 0.243 e. The Bertz CT molecular complexity index is 1220. The number of amidine groups is 1. The summed E-state index contributed by atoms with van der Waals surface area (Å²) < 4.78 is 27.0. The highest BCUT2D eigenvalue weighted by molar-refractivity contribution is 8.15. The van der Waals surface area contributed by atoms with E-state index in [1.807, 2.05) is 37.3 Å². The molecule has 6 nitrogen and oxygen atoms in total. The molecule has 1 saturated heterocycles. The van der Waals surface area contributed by atoms with Gasteiger partial charge in [0.15, 0.2) is 5.17 Å². The number of nitrogens with one attached hydrogen (secondary N) is 1. The van der Waals surface area contributed by atoms with Crippen molar-refractivity contribution >= 4 is 40.1 Å². The molecule has 9 heteroatoms. The summed E-state index contributed by atoms with van der Waals surface area (Å²) in [4.78, 5) is 36.2. The van der Waals surface area contributed by atoms with Gasteiger partial charge in [-0.05, 0) is 42.8 Å². The van der Waals surface area contributed by atoms with Crippen molar-refractivity contribution in [3.8, 4) is 0 Å². The first kappa shape index (κ1) is 22.6. The molecule has 1 aromatic heterocycles. The molecule has 0 bridgehead atoms. The van der Waals surface area contributed by atoms with Crippen LogP contribution in [0.15, 0.2) is 71.9 Å². The lowest BCUT2D eigenvalue weighted by Gasteiger charge is -2.16. The highest BCUT2D eigenvalue weighted by Crippen LogP contribution is 2.33. The fraction of sp³-hybridized carbons (Fsp3) is 0.167.